The molecule has 4 aliphatic heterocycles. The average Bonchev–Trinajstić information content (AvgIpc) is 3.97. The van der Waals surface area contributed by atoms with Crippen LogP contribution in [0.4, 0.5) is 0 Å². The van der Waals surface area contributed by atoms with Crippen molar-refractivity contribution in [2.24, 2.45) is 0 Å². The van der Waals surface area contributed by atoms with Gasteiger partial charge in [-0.3, -0.25) is 9.80 Å². The Labute approximate surface area is 293 Å². The number of carbonyl (C=O) groups excluding carboxylic acids is 2. The molecule has 2 N–H and O–H groups in total. The maximum Gasteiger partial charge on any atom is 0.124 e. The number of aromatic nitrogens is 4. The molecule has 2 aromatic carbocycles. The quantitative estimate of drug-likeness (QED) is 0.231. The first-order chi connectivity index (χ1) is 24.5. The highest BCUT2D eigenvalue weighted by molar-refractivity contribution is 5.74. The zero-order valence-corrected chi connectivity index (χ0v) is 29.0. The minimum Gasteiger partial charge on any atom is -0.343 e. The number of fused-ring (bicyclic) bond motifs is 14. The van der Waals surface area contributed by atoms with Crippen molar-refractivity contribution in [3.63, 3.8) is 0 Å². The molecule has 0 amide bonds. The Hall–Kier alpha value is -4.32. The molecule has 0 spiro atoms. The van der Waals surface area contributed by atoms with Gasteiger partial charge in [-0.05, 0) is 125 Å². The summed E-state index contributed by atoms with van der Waals surface area (Å²) in [5.41, 5.74) is 9.67. The van der Waals surface area contributed by atoms with Crippen LogP contribution in [-0.4, -0.2) is 66.8 Å². The maximum atomic E-state index is 12.9. The van der Waals surface area contributed by atoms with Crippen LogP contribution in [0.15, 0.2) is 59.9 Å². The summed E-state index contributed by atoms with van der Waals surface area (Å²) < 4.78 is 0. The molecule has 254 valence electrons. The van der Waals surface area contributed by atoms with Crippen molar-refractivity contribution in [3.8, 4) is 11.1 Å². The third-order valence-electron chi connectivity index (χ3n) is 13.9. The first-order valence-electron chi connectivity index (χ1n) is 18.8. The second kappa shape index (κ2) is 11.1. The van der Waals surface area contributed by atoms with E-state index in [4.69, 9.17) is 9.97 Å². The highest BCUT2D eigenvalue weighted by Gasteiger charge is 2.57. The lowest BCUT2D eigenvalue weighted by molar-refractivity contribution is 0.113. The monoisotopic (exact) mass is 664 g/mol. The van der Waals surface area contributed by atoms with E-state index in [2.05, 4.69) is 81.9 Å². The van der Waals surface area contributed by atoms with Crippen LogP contribution >= 0.6 is 0 Å². The fraction of sp³-hybridized carbons (Fsp3) is 0.476. The number of nitrogens with zero attached hydrogens (tertiary/aromatic N) is 4. The molecule has 2 aromatic heterocycles. The average molecular weight is 665 g/mol. The molecule has 2 aliphatic carbocycles. The predicted octanol–water partition coefficient (Wildman–Crippen LogP) is 6.91. The molecule has 2 saturated carbocycles. The molecule has 6 aliphatic rings. The Morgan fingerprint density at radius 2 is 1.24 bits per heavy atom. The molecule has 0 radical (unpaired) electrons. The van der Waals surface area contributed by atoms with Gasteiger partial charge in [-0.25, -0.2) is 19.6 Å². The summed E-state index contributed by atoms with van der Waals surface area (Å²) in [5.74, 6) is 7.00. The van der Waals surface area contributed by atoms with Gasteiger partial charge in [-0.2, -0.15) is 0 Å². The largest absolute Gasteiger partial charge is 0.343 e. The molecule has 6 atom stereocenters. The molecule has 10 rings (SSSR count). The number of imidazole rings is 2. The van der Waals surface area contributed by atoms with Gasteiger partial charge in [-0.15, -0.1) is 0 Å². The van der Waals surface area contributed by atoms with Crippen LogP contribution in [0, 0.1) is 13.8 Å². The van der Waals surface area contributed by atoms with Crippen LogP contribution in [-0.2, 0) is 20.4 Å². The lowest BCUT2D eigenvalue weighted by Gasteiger charge is -2.49. The van der Waals surface area contributed by atoms with Crippen molar-refractivity contribution >= 4 is 11.9 Å². The molecule has 8 nitrogen and oxygen atoms in total. The number of rotatable bonds is 3. The fourth-order valence-corrected chi connectivity index (χ4v) is 11.8. The minimum absolute atomic E-state index is 0.190. The topological polar surface area (TPSA) is 98.0 Å². The van der Waals surface area contributed by atoms with Gasteiger partial charge < -0.3 is 9.97 Å². The summed E-state index contributed by atoms with van der Waals surface area (Å²) in [5, 5.41) is 0. The van der Waals surface area contributed by atoms with Crippen molar-refractivity contribution in [2.75, 3.05) is 13.1 Å². The Morgan fingerprint density at radius 1 is 0.680 bits per heavy atom. The molecular weight excluding hydrogens is 621 g/mol. The summed E-state index contributed by atoms with van der Waals surface area (Å²) in [6.45, 7) is 6.52. The number of benzene rings is 2. The van der Waals surface area contributed by atoms with Crippen LogP contribution in [0.3, 0.4) is 0 Å². The highest BCUT2D eigenvalue weighted by atomic mass is 16.1. The number of hydrogen-bond acceptors (Lipinski definition) is 6. The van der Waals surface area contributed by atoms with Crippen LogP contribution in [0.25, 0.3) is 11.1 Å². The summed E-state index contributed by atoms with van der Waals surface area (Å²) >= 11 is 0. The molecule has 6 heterocycles. The van der Waals surface area contributed by atoms with Gasteiger partial charge in [0.1, 0.15) is 23.5 Å². The number of hydrogen-bond donors (Lipinski definition) is 2. The second-order valence-corrected chi connectivity index (χ2v) is 15.7. The molecule has 4 fully saturated rings. The maximum absolute atomic E-state index is 12.9. The summed E-state index contributed by atoms with van der Waals surface area (Å²) in [6, 6.07) is 14.5. The second-order valence-electron chi connectivity index (χ2n) is 15.7. The van der Waals surface area contributed by atoms with Gasteiger partial charge in [0.2, 0.25) is 0 Å². The Kier molecular flexibility index (Phi) is 6.76. The third kappa shape index (κ3) is 3.80. The number of aromatic amines is 2. The molecule has 4 bridgehead atoms. The van der Waals surface area contributed by atoms with E-state index in [1.807, 2.05) is 12.4 Å². The highest BCUT2D eigenvalue weighted by Crippen LogP contribution is 2.56. The van der Waals surface area contributed by atoms with E-state index in [0.717, 1.165) is 123 Å². The van der Waals surface area contributed by atoms with E-state index in [0.29, 0.717) is 0 Å². The zero-order chi connectivity index (χ0) is 33.8. The van der Waals surface area contributed by atoms with Crippen LogP contribution in [0.5, 0.6) is 0 Å². The van der Waals surface area contributed by atoms with Gasteiger partial charge in [0.05, 0.1) is 34.3 Å². The summed E-state index contributed by atoms with van der Waals surface area (Å²) in [7, 11) is 0. The Bertz CT molecular complexity index is 2130. The number of nitrogens with one attached hydrogen (secondary N) is 2. The molecule has 5 unspecified atom stereocenters. The predicted molar refractivity (Wildman–Crippen MR) is 191 cm³/mol. The van der Waals surface area contributed by atoms with Crippen molar-refractivity contribution in [3.05, 3.63) is 105 Å². The SMILES string of the molecule is Cc1c(-c2ccc(C34C(=C=O)CCCC3N3CCCC3c3ncc4[nH]3)cc2)ccc([C@]23C(=C=O)CCCC2N2CCCC2c2ncc3[nH]2)c1C. The van der Waals surface area contributed by atoms with Crippen LogP contribution in [0.2, 0.25) is 0 Å². The van der Waals surface area contributed by atoms with Crippen molar-refractivity contribution < 1.29 is 9.59 Å². The molecule has 50 heavy (non-hydrogen) atoms. The molecule has 4 aromatic rings. The summed E-state index contributed by atoms with van der Waals surface area (Å²) in [6.07, 6.45) is 14.1. The zero-order valence-electron chi connectivity index (χ0n) is 29.0. The Morgan fingerprint density at radius 3 is 1.84 bits per heavy atom. The van der Waals surface area contributed by atoms with E-state index in [1.165, 1.54) is 22.3 Å². The van der Waals surface area contributed by atoms with Crippen molar-refractivity contribution in [1.29, 1.82) is 0 Å². The van der Waals surface area contributed by atoms with Gasteiger partial charge in [0, 0.05) is 35.6 Å². The Balaban J connectivity index is 1.09. The van der Waals surface area contributed by atoms with Gasteiger partial charge in [-0.1, -0.05) is 36.4 Å². The van der Waals surface area contributed by atoms with Gasteiger partial charge >= 0.3 is 0 Å². The lowest BCUT2D eigenvalue weighted by atomic mass is 9.59. The number of H-pyrrole nitrogens is 2. The molecular formula is C42H44N6O2. The molecule has 2 saturated heterocycles. The van der Waals surface area contributed by atoms with E-state index < -0.39 is 10.8 Å². The van der Waals surface area contributed by atoms with E-state index in [1.54, 1.807) is 0 Å². The first-order valence-corrected chi connectivity index (χ1v) is 18.8. The minimum atomic E-state index is -0.593. The molecule has 8 heteroatoms. The normalized spacial score (nSPS) is 31.6. The standard InChI is InChI=1S/C42H44N6O2/c1-25-26(2)32(42-30(24-50)8-4-12-38(42)48-20-6-10-34(48)40-44-22-36(42)46-40)18-17-31(25)27-13-15-28(16-14-27)41-29(23-49)7-3-11-37(41)47-19-5-9-33(47)39-43-21-35(41)45-39/h13-18,21-22,33-34,37-38H,3-12,19-20H2,1-2H3,(H,43,45)(H,44,46)/t33?,34?,37?,38?,41?,42-/m0/s1. The van der Waals surface area contributed by atoms with Gasteiger partial charge in [0.15, 0.2) is 0 Å². The summed E-state index contributed by atoms with van der Waals surface area (Å²) in [4.78, 5) is 48.1. The van der Waals surface area contributed by atoms with Crippen molar-refractivity contribution in [1.82, 2.24) is 29.7 Å². The van der Waals surface area contributed by atoms with Crippen LogP contribution in [0.1, 0.15) is 122 Å². The fourth-order valence-electron chi connectivity index (χ4n) is 11.8. The van der Waals surface area contributed by atoms with Crippen LogP contribution < -0.4 is 0 Å². The third-order valence-corrected chi connectivity index (χ3v) is 13.9. The first kappa shape index (κ1) is 30.5. The smallest absolute Gasteiger partial charge is 0.124 e. The van der Waals surface area contributed by atoms with E-state index >= 15 is 0 Å². The lowest BCUT2D eigenvalue weighted by Crippen LogP contribution is -2.54. The van der Waals surface area contributed by atoms with Crippen molar-refractivity contribution in [2.45, 2.75) is 113 Å². The van der Waals surface area contributed by atoms with E-state index in [9.17, 15) is 9.59 Å². The van der Waals surface area contributed by atoms with Gasteiger partial charge in [0.25, 0.3) is 0 Å². The van der Waals surface area contributed by atoms with E-state index in [-0.39, 0.29) is 24.2 Å².